The minimum atomic E-state index is 1.16. The number of hydrogen-bond donors (Lipinski definition) is 0. The molecule has 126 valence electrons. The van der Waals surface area contributed by atoms with Crippen molar-refractivity contribution in [1.82, 2.24) is 9.13 Å². The van der Waals surface area contributed by atoms with Gasteiger partial charge in [-0.05, 0) is 48.9 Å². The number of hydrogen-bond acceptors (Lipinski definition) is 0. The first-order valence-electron chi connectivity index (χ1n) is 8.90. The maximum atomic E-state index is 4.06. The number of rotatable bonds is 2. The predicted molar refractivity (Wildman–Crippen MR) is 112 cm³/mol. The van der Waals surface area contributed by atoms with E-state index < -0.39 is 0 Å². The number of benzene rings is 3. The van der Waals surface area contributed by atoms with Gasteiger partial charge in [-0.3, -0.25) is 0 Å². The highest BCUT2D eigenvalue weighted by Crippen LogP contribution is 2.33. The van der Waals surface area contributed by atoms with Crippen molar-refractivity contribution in [3.05, 3.63) is 84.6 Å². The monoisotopic (exact) mass is 336 g/mol. The van der Waals surface area contributed by atoms with E-state index in [4.69, 9.17) is 0 Å². The fourth-order valence-corrected chi connectivity index (χ4v) is 4.24. The van der Waals surface area contributed by atoms with Crippen molar-refractivity contribution in [1.29, 1.82) is 0 Å². The molecular formula is C24H20N2. The van der Waals surface area contributed by atoms with Crippen LogP contribution >= 0.6 is 0 Å². The third-order valence-electron chi connectivity index (χ3n) is 5.52. The van der Waals surface area contributed by atoms with Crippen LogP contribution in [0.2, 0.25) is 0 Å². The molecular weight excluding hydrogens is 316 g/mol. The molecule has 5 rings (SSSR count). The largest absolute Gasteiger partial charge is 0.344 e. The Morgan fingerprint density at radius 2 is 1.42 bits per heavy atom. The van der Waals surface area contributed by atoms with Gasteiger partial charge in [0.2, 0.25) is 0 Å². The van der Waals surface area contributed by atoms with E-state index in [2.05, 4.69) is 96.4 Å². The van der Waals surface area contributed by atoms with E-state index in [0.29, 0.717) is 0 Å². The van der Waals surface area contributed by atoms with Crippen LogP contribution in [-0.2, 0) is 7.05 Å². The van der Waals surface area contributed by atoms with Gasteiger partial charge >= 0.3 is 0 Å². The van der Waals surface area contributed by atoms with E-state index in [-0.39, 0.29) is 0 Å². The van der Waals surface area contributed by atoms with E-state index in [1.165, 1.54) is 44.0 Å². The summed E-state index contributed by atoms with van der Waals surface area (Å²) in [5.74, 6) is 0. The highest BCUT2D eigenvalue weighted by Gasteiger charge is 2.15. The fraction of sp³-hybridized carbons (Fsp3) is 0.0833. The van der Waals surface area contributed by atoms with Gasteiger partial charge in [0.25, 0.3) is 0 Å². The summed E-state index contributed by atoms with van der Waals surface area (Å²) in [4.78, 5) is 0. The van der Waals surface area contributed by atoms with Crippen LogP contribution in [0.4, 0.5) is 0 Å². The number of para-hydroxylation sites is 2. The van der Waals surface area contributed by atoms with Gasteiger partial charge in [-0.2, -0.15) is 0 Å². The number of fused-ring (bicyclic) bond motifs is 4. The standard InChI is InChI=1S/C24H20N2/c1-4-21-16(2)18-9-5-8-12-24(18)26(21)17-13-14-23-20(15-17)19-10-6-7-11-22(19)25(23)3/h4-15H,1H2,2-3H3. The van der Waals surface area contributed by atoms with Crippen LogP contribution < -0.4 is 0 Å². The van der Waals surface area contributed by atoms with Gasteiger partial charge in [-0.1, -0.05) is 43.0 Å². The average Bonchev–Trinajstić information content (AvgIpc) is 3.14. The third-order valence-corrected chi connectivity index (χ3v) is 5.52. The molecule has 0 aliphatic carbocycles. The lowest BCUT2D eigenvalue weighted by molar-refractivity contribution is 1.01. The molecule has 2 aromatic heterocycles. The average molecular weight is 336 g/mol. The Morgan fingerprint density at radius 3 is 2.19 bits per heavy atom. The van der Waals surface area contributed by atoms with E-state index in [0.717, 1.165) is 5.69 Å². The molecule has 0 N–H and O–H groups in total. The summed E-state index contributed by atoms with van der Waals surface area (Å²) >= 11 is 0. The molecule has 2 nitrogen and oxygen atoms in total. The highest BCUT2D eigenvalue weighted by atomic mass is 15.0. The Bertz CT molecular complexity index is 1310. The Morgan fingerprint density at radius 1 is 0.769 bits per heavy atom. The van der Waals surface area contributed by atoms with Crippen LogP contribution in [0.5, 0.6) is 0 Å². The topological polar surface area (TPSA) is 9.86 Å². The second-order valence-electron chi connectivity index (χ2n) is 6.84. The molecule has 0 saturated heterocycles. The summed E-state index contributed by atoms with van der Waals surface area (Å²) < 4.78 is 4.58. The maximum absolute atomic E-state index is 4.06. The Balaban J connectivity index is 1.90. The molecule has 2 heteroatoms. The highest BCUT2D eigenvalue weighted by molar-refractivity contribution is 6.08. The molecule has 0 unspecified atom stereocenters. The molecule has 0 radical (unpaired) electrons. The molecule has 5 aromatic rings. The summed E-state index contributed by atoms with van der Waals surface area (Å²) in [5, 5.41) is 3.85. The number of aromatic nitrogens is 2. The van der Waals surface area contributed by atoms with Gasteiger partial charge in [-0.25, -0.2) is 0 Å². The van der Waals surface area contributed by atoms with Crippen LogP contribution in [-0.4, -0.2) is 9.13 Å². The molecule has 0 aliphatic rings. The van der Waals surface area contributed by atoms with Crippen molar-refractivity contribution >= 4 is 38.8 Å². The van der Waals surface area contributed by atoms with Crippen LogP contribution in [0.1, 0.15) is 11.3 Å². The van der Waals surface area contributed by atoms with Gasteiger partial charge in [0, 0.05) is 45.6 Å². The second kappa shape index (κ2) is 5.37. The summed E-state index contributed by atoms with van der Waals surface area (Å²) in [6.45, 7) is 6.24. The van der Waals surface area contributed by atoms with Crippen LogP contribution in [0.15, 0.2) is 73.3 Å². The molecule has 0 atom stereocenters. The van der Waals surface area contributed by atoms with Crippen molar-refractivity contribution in [3.8, 4) is 5.69 Å². The Labute approximate surface area is 152 Å². The zero-order chi connectivity index (χ0) is 17.8. The smallest absolute Gasteiger partial charge is 0.0537 e. The molecule has 26 heavy (non-hydrogen) atoms. The third kappa shape index (κ3) is 1.87. The van der Waals surface area contributed by atoms with Crippen LogP contribution in [0, 0.1) is 6.92 Å². The molecule has 0 saturated carbocycles. The van der Waals surface area contributed by atoms with E-state index in [9.17, 15) is 0 Å². The van der Waals surface area contributed by atoms with Crippen molar-refractivity contribution in [2.45, 2.75) is 6.92 Å². The van der Waals surface area contributed by atoms with Crippen molar-refractivity contribution in [2.24, 2.45) is 7.05 Å². The predicted octanol–water partition coefficient (Wildman–Crippen LogP) is 6.23. The molecule has 0 amide bonds. The molecule has 0 fully saturated rings. The van der Waals surface area contributed by atoms with E-state index in [1.807, 2.05) is 6.08 Å². The second-order valence-corrected chi connectivity index (χ2v) is 6.84. The molecule has 0 bridgehead atoms. The quantitative estimate of drug-likeness (QED) is 0.362. The van der Waals surface area contributed by atoms with Crippen LogP contribution in [0.25, 0.3) is 44.5 Å². The lowest BCUT2D eigenvalue weighted by Gasteiger charge is -2.10. The maximum Gasteiger partial charge on any atom is 0.0537 e. The summed E-state index contributed by atoms with van der Waals surface area (Å²) in [6.07, 6.45) is 1.96. The first-order valence-corrected chi connectivity index (χ1v) is 8.90. The summed E-state index contributed by atoms with van der Waals surface area (Å²) in [7, 11) is 2.13. The van der Waals surface area contributed by atoms with E-state index >= 15 is 0 Å². The molecule has 0 aliphatic heterocycles. The van der Waals surface area contributed by atoms with Gasteiger partial charge in [-0.15, -0.1) is 0 Å². The van der Waals surface area contributed by atoms with Gasteiger partial charge in [0.15, 0.2) is 0 Å². The minimum absolute atomic E-state index is 1.16. The van der Waals surface area contributed by atoms with Gasteiger partial charge < -0.3 is 9.13 Å². The molecule has 3 aromatic carbocycles. The first kappa shape index (κ1) is 15.0. The first-order chi connectivity index (χ1) is 12.7. The van der Waals surface area contributed by atoms with Crippen LogP contribution in [0.3, 0.4) is 0 Å². The number of aryl methyl sites for hydroxylation is 2. The van der Waals surface area contributed by atoms with Crippen molar-refractivity contribution in [3.63, 3.8) is 0 Å². The lowest BCUT2D eigenvalue weighted by atomic mass is 10.1. The van der Waals surface area contributed by atoms with Gasteiger partial charge in [0.05, 0.1) is 5.52 Å². The fourth-order valence-electron chi connectivity index (χ4n) is 4.24. The Hall–Kier alpha value is -3.26. The van der Waals surface area contributed by atoms with E-state index in [1.54, 1.807) is 0 Å². The normalized spacial score (nSPS) is 11.6. The zero-order valence-electron chi connectivity index (χ0n) is 15.0. The van der Waals surface area contributed by atoms with Crippen molar-refractivity contribution < 1.29 is 0 Å². The van der Waals surface area contributed by atoms with Crippen molar-refractivity contribution in [2.75, 3.05) is 0 Å². The lowest BCUT2D eigenvalue weighted by Crippen LogP contribution is -1.97. The number of nitrogens with zero attached hydrogens (tertiary/aromatic N) is 2. The SMILES string of the molecule is C=Cc1c(C)c2ccccc2n1-c1ccc2c(c1)c1ccccc1n2C. The van der Waals surface area contributed by atoms with Gasteiger partial charge in [0.1, 0.15) is 0 Å². The Kier molecular flexibility index (Phi) is 3.10. The molecule has 2 heterocycles. The minimum Gasteiger partial charge on any atom is -0.344 e. The zero-order valence-corrected chi connectivity index (χ0v) is 15.0. The summed E-state index contributed by atoms with van der Waals surface area (Å²) in [5.41, 5.74) is 7.34. The molecule has 0 spiro atoms. The summed E-state index contributed by atoms with van der Waals surface area (Å²) in [6, 6.07) is 23.9.